The second-order valence-electron chi connectivity index (χ2n) is 4.47. The molecule has 0 aromatic carbocycles. The fourth-order valence-electron chi connectivity index (χ4n) is 2.20. The number of rotatable bonds is 4. The molecule has 1 aliphatic heterocycles. The average Bonchev–Trinajstić information content (AvgIpc) is 3.03. The topological polar surface area (TPSA) is 37.8 Å². The van der Waals surface area contributed by atoms with Crippen molar-refractivity contribution in [3.8, 4) is 0 Å². The number of thioether (sulfide) groups is 1. The van der Waals surface area contributed by atoms with Gasteiger partial charge in [0.1, 0.15) is 5.82 Å². The van der Waals surface area contributed by atoms with Crippen LogP contribution in [0.1, 0.15) is 48.5 Å². The Hall–Kier alpha value is -0.610. The van der Waals surface area contributed by atoms with E-state index >= 15 is 0 Å². The molecular formula is C12H17N3S. The van der Waals surface area contributed by atoms with Crippen molar-refractivity contribution in [2.45, 2.75) is 44.5 Å². The molecular weight excluding hydrogens is 218 g/mol. The van der Waals surface area contributed by atoms with Crippen molar-refractivity contribution in [3.63, 3.8) is 0 Å². The third-order valence-electron chi connectivity index (χ3n) is 3.16. The van der Waals surface area contributed by atoms with Crippen molar-refractivity contribution in [2.24, 2.45) is 0 Å². The quantitative estimate of drug-likeness (QED) is 0.868. The number of nitrogens with zero attached hydrogens (tertiary/aromatic N) is 2. The fraction of sp³-hybridized carbons (Fsp3) is 0.667. The van der Waals surface area contributed by atoms with E-state index in [4.69, 9.17) is 4.98 Å². The summed E-state index contributed by atoms with van der Waals surface area (Å²) in [6.07, 6.45) is 2.65. The summed E-state index contributed by atoms with van der Waals surface area (Å²) in [4.78, 5) is 9.44. The van der Waals surface area contributed by atoms with Crippen LogP contribution >= 0.6 is 11.8 Å². The van der Waals surface area contributed by atoms with Gasteiger partial charge in [0.05, 0.1) is 17.1 Å². The largest absolute Gasteiger partial charge is 0.307 e. The molecule has 1 N–H and O–H groups in total. The number of hydrogen-bond acceptors (Lipinski definition) is 4. The maximum Gasteiger partial charge on any atom is 0.138 e. The van der Waals surface area contributed by atoms with Crippen LogP contribution in [0.5, 0.6) is 0 Å². The van der Waals surface area contributed by atoms with Gasteiger partial charge < -0.3 is 5.32 Å². The molecule has 1 aliphatic carbocycles. The SMILES string of the molecule is CCSCc1nc2c(c(C3CC3)n1)CNC2. The second-order valence-corrected chi connectivity index (χ2v) is 5.74. The van der Waals surface area contributed by atoms with E-state index in [0.717, 1.165) is 36.3 Å². The molecule has 1 aromatic rings. The van der Waals surface area contributed by atoms with Gasteiger partial charge in [-0.15, -0.1) is 0 Å². The first-order chi connectivity index (χ1) is 7.88. The molecule has 1 aromatic heterocycles. The maximum absolute atomic E-state index is 4.77. The molecule has 3 nitrogen and oxygen atoms in total. The van der Waals surface area contributed by atoms with Crippen molar-refractivity contribution in [3.05, 3.63) is 22.8 Å². The van der Waals surface area contributed by atoms with Crippen molar-refractivity contribution in [1.29, 1.82) is 0 Å². The molecule has 4 heteroatoms. The van der Waals surface area contributed by atoms with Crippen LogP contribution in [-0.4, -0.2) is 15.7 Å². The Labute approximate surface area is 100 Å². The van der Waals surface area contributed by atoms with Crippen molar-refractivity contribution < 1.29 is 0 Å². The summed E-state index contributed by atoms with van der Waals surface area (Å²) in [5.41, 5.74) is 4.00. The molecule has 86 valence electrons. The summed E-state index contributed by atoms with van der Waals surface area (Å²) in [5.74, 6) is 3.87. The van der Waals surface area contributed by atoms with E-state index in [0.29, 0.717) is 0 Å². The third kappa shape index (κ3) is 1.96. The molecule has 0 unspecified atom stereocenters. The lowest BCUT2D eigenvalue weighted by Gasteiger charge is -2.08. The number of nitrogens with one attached hydrogen (secondary N) is 1. The van der Waals surface area contributed by atoms with Gasteiger partial charge in [-0.2, -0.15) is 11.8 Å². The molecule has 16 heavy (non-hydrogen) atoms. The second kappa shape index (κ2) is 4.34. The van der Waals surface area contributed by atoms with Gasteiger partial charge in [0.25, 0.3) is 0 Å². The predicted molar refractivity (Wildman–Crippen MR) is 66.4 cm³/mol. The summed E-state index contributed by atoms with van der Waals surface area (Å²) in [7, 11) is 0. The predicted octanol–water partition coefficient (Wildman–Crippen LogP) is 2.21. The molecule has 0 spiro atoms. The first-order valence-electron chi connectivity index (χ1n) is 6.05. The van der Waals surface area contributed by atoms with Crippen LogP contribution in [0.4, 0.5) is 0 Å². The van der Waals surface area contributed by atoms with E-state index in [1.54, 1.807) is 0 Å². The molecule has 0 bridgehead atoms. The smallest absolute Gasteiger partial charge is 0.138 e. The van der Waals surface area contributed by atoms with E-state index in [-0.39, 0.29) is 0 Å². The Morgan fingerprint density at radius 3 is 2.94 bits per heavy atom. The number of hydrogen-bond donors (Lipinski definition) is 1. The monoisotopic (exact) mass is 235 g/mol. The lowest BCUT2D eigenvalue weighted by atomic mass is 10.1. The van der Waals surface area contributed by atoms with Crippen LogP contribution in [0.25, 0.3) is 0 Å². The van der Waals surface area contributed by atoms with Crippen LogP contribution in [0, 0.1) is 0 Å². The Kier molecular flexibility index (Phi) is 2.86. The first-order valence-corrected chi connectivity index (χ1v) is 7.21. The van der Waals surface area contributed by atoms with E-state index in [9.17, 15) is 0 Å². The average molecular weight is 235 g/mol. The van der Waals surface area contributed by atoms with Gasteiger partial charge in [0, 0.05) is 24.6 Å². The van der Waals surface area contributed by atoms with Crippen molar-refractivity contribution >= 4 is 11.8 Å². The Morgan fingerprint density at radius 1 is 1.31 bits per heavy atom. The number of fused-ring (bicyclic) bond motifs is 1. The molecule has 0 amide bonds. The van der Waals surface area contributed by atoms with Crippen molar-refractivity contribution in [2.75, 3.05) is 5.75 Å². The van der Waals surface area contributed by atoms with Crippen LogP contribution in [0.2, 0.25) is 0 Å². The van der Waals surface area contributed by atoms with Gasteiger partial charge >= 0.3 is 0 Å². The minimum Gasteiger partial charge on any atom is -0.307 e. The highest BCUT2D eigenvalue weighted by molar-refractivity contribution is 7.98. The molecule has 0 atom stereocenters. The molecule has 2 aliphatic rings. The van der Waals surface area contributed by atoms with Gasteiger partial charge in [-0.05, 0) is 18.6 Å². The Bertz CT molecular complexity index is 401. The zero-order valence-corrected chi connectivity index (χ0v) is 10.4. The van der Waals surface area contributed by atoms with Gasteiger partial charge in [0.15, 0.2) is 0 Å². The summed E-state index contributed by atoms with van der Waals surface area (Å²) < 4.78 is 0. The lowest BCUT2D eigenvalue weighted by molar-refractivity contribution is 0.755. The molecule has 1 saturated carbocycles. The lowest BCUT2D eigenvalue weighted by Crippen LogP contribution is -2.04. The zero-order chi connectivity index (χ0) is 11.0. The molecule has 3 rings (SSSR count). The van der Waals surface area contributed by atoms with E-state index < -0.39 is 0 Å². The van der Waals surface area contributed by atoms with Crippen LogP contribution in [-0.2, 0) is 18.8 Å². The minimum atomic E-state index is 0.738. The normalized spacial score (nSPS) is 18.8. The molecule has 0 saturated heterocycles. The molecule has 2 heterocycles. The van der Waals surface area contributed by atoms with E-state index in [1.807, 2.05) is 11.8 Å². The van der Waals surface area contributed by atoms with Gasteiger partial charge in [0.2, 0.25) is 0 Å². The van der Waals surface area contributed by atoms with E-state index in [1.165, 1.54) is 29.8 Å². The zero-order valence-electron chi connectivity index (χ0n) is 9.62. The summed E-state index contributed by atoms with van der Waals surface area (Å²) >= 11 is 1.90. The maximum atomic E-state index is 4.77. The van der Waals surface area contributed by atoms with Crippen molar-refractivity contribution in [1.82, 2.24) is 15.3 Å². The van der Waals surface area contributed by atoms with Crippen LogP contribution < -0.4 is 5.32 Å². The molecule has 0 radical (unpaired) electrons. The summed E-state index contributed by atoms with van der Waals surface area (Å²) in [6.45, 7) is 4.09. The number of aromatic nitrogens is 2. The van der Waals surface area contributed by atoms with Gasteiger partial charge in [-0.1, -0.05) is 6.92 Å². The summed E-state index contributed by atoms with van der Waals surface area (Å²) in [6, 6.07) is 0. The first kappa shape index (κ1) is 10.5. The van der Waals surface area contributed by atoms with Gasteiger partial charge in [-0.3, -0.25) is 0 Å². The minimum absolute atomic E-state index is 0.738. The van der Waals surface area contributed by atoms with E-state index in [2.05, 4.69) is 17.2 Å². The van der Waals surface area contributed by atoms with Gasteiger partial charge in [-0.25, -0.2) is 9.97 Å². The highest BCUT2D eigenvalue weighted by atomic mass is 32.2. The van der Waals surface area contributed by atoms with Crippen LogP contribution in [0.3, 0.4) is 0 Å². The molecule has 1 fully saturated rings. The highest BCUT2D eigenvalue weighted by Gasteiger charge is 2.31. The Balaban J connectivity index is 1.92. The standard InChI is InChI=1S/C12H17N3S/c1-2-16-7-11-14-10-6-13-5-9(10)12(15-11)8-3-4-8/h8,13H,2-7H2,1H3. The highest BCUT2D eigenvalue weighted by Crippen LogP contribution is 2.41. The van der Waals surface area contributed by atoms with Crippen LogP contribution in [0.15, 0.2) is 0 Å². The summed E-state index contributed by atoms with van der Waals surface area (Å²) in [5, 5.41) is 3.38. The Morgan fingerprint density at radius 2 is 2.19 bits per heavy atom. The fourth-order valence-corrected chi connectivity index (χ4v) is 2.72. The third-order valence-corrected chi connectivity index (χ3v) is 4.04.